The number of urea groups is 1. The van der Waals surface area contributed by atoms with Gasteiger partial charge in [0.25, 0.3) is 0 Å². The van der Waals surface area contributed by atoms with Crippen LogP contribution in [0.4, 0.5) is 23.7 Å². The zero-order chi connectivity index (χ0) is 15.0. The monoisotopic (exact) mass is 292 g/mol. The lowest BCUT2D eigenvalue weighted by Gasteiger charge is -2.16. The van der Waals surface area contributed by atoms with Crippen molar-refractivity contribution in [3.8, 4) is 0 Å². The highest BCUT2D eigenvalue weighted by Crippen LogP contribution is 2.24. The first kappa shape index (κ1) is 13.5. The number of fused-ring (bicyclic) bond motifs is 1. The number of nitrogens with one attached hydrogen (secondary N) is 1. The Balaban J connectivity index is 1.76. The van der Waals surface area contributed by atoms with Crippen molar-refractivity contribution in [2.24, 2.45) is 0 Å². The average Bonchev–Trinajstić information content (AvgIpc) is 2.92. The Morgan fingerprint density at radius 3 is 2.19 bits per heavy atom. The highest BCUT2D eigenvalue weighted by molar-refractivity contribution is 5.89. The molecule has 0 spiro atoms. The van der Waals surface area contributed by atoms with Crippen molar-refractivity contribution in [3.63, 3.8) is 0 Å². The second kappa shape index (κ2) is 5.12. The van der Waals surface area contributed by atoms with Crippen LogP contribution in [-0.2, 0) is 13.1 Å². The molecule has 0 unspecified atom stereocenters. The summed E-state index contributed by atoms with van der Waals surface area (Å²) in [5.74, 6) is -4.29. The Bertz CT molecular complexity index is 693. The van der Waals surface area contributed by atoms with E-state index in [2.05, 4.69) is 5.32 Å². The van der Waals surface area contributed by atoms with E-state index in [-0.39, 0.29) is 5.69 Å². The topological polar surface area (TPSA) is 32.3 Å². The second-order valence-electron chi connectivity index (χ2n) is 4.78. The third-order valence-electron chi connectivity index (χ3n) is 3.40. The molecule has 2 aromatic carbocycles. The molecule has 0 atom stereocenters. The van der Waals surface area contributed by atoms with Crippen molar-refractivity contribution < 1.29 is 18.0 Å². The Morgan fingerprint density at radius 1 is 0.952 bits per heavy atom. The number of hydrogen-bond donors (Lipinski definition) is 1. The SMILES string of the molecule is O=C(Nc1ccc(F)c(F)c1F)N1Cc2ccccc2C1. The lowest BCUT2D eigenvalue weighted by Crippen LogP contribution is -2.30. The predicted molar refractivity (Wildman–Crippen MR) is 71.0 cm³/mol. The van der Waals surface area contributed by atoms with Gasteiger partial charge in [-0.2, -0.15) is 0 Å². The molecule has 2 aromatic rings. The molecule has 0 radical (unpaired) electrons. The molecule has 6 heteroatoms. The maximum absolute atomic E-state index is 13.5. The van der Waals surface area contributed by atoms with E-state index in [1.54, 1.807) is 0 Å². The van der Waals surface area contributed by atoms with Crippen molar-refractivity contribution >= 4 is 11.7 Å². The molecule has 0 fully saturated rings. The highest BCUT2D eigenvalue weighted by atomic mass is 19.2. The van der Waals surface area contributed by atoms with Crippen LogP contribution in [0.3, 0.4) is 0 Å². The van der Waals surface area contributed by atoms with Gasteiger partial charge < -0.3 is 10.2 Å². The number of rotatable bonds is 1. The van der Waals surface area contributed by atoms with Gasteiger partial charge in [0.05, 0.1) is 5.69 Å². The molecular formula is C15H11F3N2O. The van der Waals surface area contributed by atoms with E-state index in [1.165, 1.54) is 4.90 Å². The van der Waals surface area contributed by atoms with Gasteiger partial charge in [-0.05, 0) is 23.3 Å². The van der Waals surface area contributed by atoms with Crippen LogP contribution in [0.15, 0.2) is 36.4 Å². The zero-order valence-electron chi connectivity index (χ0n) is 10.9. The minimum absolute atomic E-state index is 0.380. The molecule has 1 aliphatic rings. The molecular weight excluding hydrogens is 281 g/mol. The van der Waals surface area contributed by atoms with Gasteiger partial charge in [-0.25, -0.2) is 18.0 Å². The first-order valence-corrected chi connectivity index (χ1v) is 6.32. The minimum Gasteiger partial charge on any atom is -0.316 e. The van der Waals surface area contributed by atoms with Gasteiger partial charge in [-0.15, -0.1) is 0 Å². The average molecular weight is 292 g/mol. The van der Waals surface area contributed by atoms with Crippen molar-refractivity contribution in [2.75, 3.05) is 5.32 Å². The maximum atomic E-state index is 13.5. The molecule has 0 aliphatic carbocycles. The van der Waals surface area contributed by atoms with Crippen LogP contribution in [0.2, 0.25) is 0 Å². The van der Waals surface area contributed by atoms with Gasteiger partial charge in [0, 0.05) is 13.1 Å². The number of carbonyl (C=O) groups is 1. The Labute approximate surface area is 119 Å². The van der Waals surface area contributed by atoms with Gasteiger partial charge >= 0.3 is 6.03 Å². The smallest absolute Gasteiger partial charge is 0.316 e. The fraction of sp³-hybridized carbons (Fsp3) is 0.133. The summed E-state index contributed by atoms with van der Waals surface area (Å²) < 4.78 is 39.5. The molecule has 0 bridgehead atoms. The predicted octanol–water partition coefficient (Wildman–Crippen LogP) is 3.65. The summed E-state index contributed by atoms with van der Waals surface area (Å²) in [5, 5.41) is 2.26. The molecule has 0 aromatic heterocycles. The van der Waals surface area contributed by atoms with Crippen molar-refractivity contribution in [3.05, 3.63) is 65.0 Å². The fourth-order valence-electron chi connectivity index (χ4n) is 2.29. The first-order chi connectivity index (χ1) is 10.1. The first-order valence-electron chi connectivity index (χ1n) is 6.32. The number of anilines is 1. The van der Waals surface area contributed by atoms with Gasteiger partial charge in [-0.1, -0.05) is 24.3 Å². The summed E-state index contributed by atoms with van der Waals surface area (Å²) in [7, 11) is 0. The van der Waals surface area contributed by atoms with Crippen molar-refractivity contribution in [2.45, 2.75) is 13.1 Å². The van der Waals surface area contributed by atoms with E-state index >= 15 is 0 Å². The van der Waals surface area contributed by atoms with E-state index in [0.717, 1.165) is 23.3 Å². The number of benzene rings is 2. The fourth-order valence-corrected chi connectivity index (χ4v) is 2.29. The Hall–Kier alpha value is -2.50. The van der Waals surface area contributed by atoms with Gasteiger partial charge in [0.2, 0.25) is 0 Å². The van der Waals surface area contributed by atoms with E-state index in [4.69, 9.17) is 0 Å². The lowest BCUT2D eigenvalue weighted by atomic mass is 10.1. The summed E-state index contributed by atoms with van der Waals surface area (Å²) >= 11 is 0. The van der Waals surface area contributed by atoms with E-state index in [0.29, 0.717) is 13.1 Å². The summed E-state index contributed by atoms with van der Waals surface area (Å²) in [6, 6.07) is 8.75. The summed E-state index contributed by atoms with van der Waals surface area (Å²) in [6.07, 6.45) is 0. The van der Waals surface area contributed by atoms with Crippen LogP contribution >= 0.6 is 0 Å². The Morgan fingerprint density at radius 2 is 1.57 bits per heavy atom. The largest absolute Gasteiger partial charge is 0.322 e. The number of hydrogen-bond acceptors (Lipinski definition) is 1. The normalized spacial score (nSPS) is 13.2. The molecule has 108 valence electrons. The van der Waals surface area contributed by atoms with Gasteiger partial charge in [-0.3, -0.25) is 0 Å². The standard InChI is InChI=1S/C15H11F3N2O/c16-11-5-6-12(14(18)13(11)17)19-15(21)20-7-9-3-1-2-4-10(9)8-20/h1-6H,7-8H2,(H,19,21). The molecule has 0 saturated heterocycles. The summed E-state index contributed by atoms with van der Waals surface area (Å²) in [6.45, 7) is 0.792. The lowest BCUT2D eigenvalue weighted by molar-refractivity contribution is 0.212. The van der Waals surface area contributed by atoms with E-state index in [1.807, 2.05) is 24.3 Å². The van der Waals surface area contributed by atoms with Gasteiger partial charge in [0.1, 0.15) is 0 Å². The zero-order valence-corrected chi connectivity index (χ0v) is 10.9. The number of nitrogens with zero attached hydrogens (tertiary/aromatic N) is 1. The highest BCUT2D eigenvalue weighted by Gasteiger charge is 2.24. The number of halogens is 3. The number of amides is 2. The van der Waals surface area contributed by atoms with Crippen LogP contribution in [-0.4, -0.2) is 10.9 Å². The van der Waals surface area contributed by atoms with Crippen LogP contribution in [0.25, 0.3) is 0 Å². The molecule has 3 rings (SSSR count). The van der Waals surface area contributed by atoms with Crippen LogP contribution in [0, 0.1) is 17.5 Å². The van der Waals surface area contributed by atoms with Gasteiger partial charge in [0.15, 0.2) is 17.5 Å². The van der Waals surface area contributed by atoms with Crippen LogP contribution < -0.4 is 5.32 Å². The number of carbonyl (C=O) groups excluding carboxylic acids is 1. The molecule has 21 heavy (non-hydrogen) atoms. The summed E-state index contributed by atoms with van der Waals surface area (Å²) in [4.78, 5) is 13.5. The van der Waals surface area contributed by atoms with Crippen LogP contribution in [0.5, 0.6) is 0 Å². The molecule has 1 N–H and O–H groups in total. The molecule has 1 aliphatic heterocycles. The summed E-state index contributed by atoms with van der Waals surface area (Å²) in [5.41, 5.74) is 1.65. The maximum Gasteiger partial charge on any atom is 0.322 e. The molecule has 1 heterocycles. The van der Waals surface area contributed by atoms with E-state index in [9.17, 15) is 18.0 Å². The third kappa shape index (κ3) is 2.44. The molecule has 3 nitrogen and oxygen atoms in total. The molecule has 2 amide bonds. The van der Waals surface area contributed by atoms with Crippen LogP contribution in [0.1, 0.15) is 11.1 Å². The second-order valence-corrected chi connectivity index (χ2v) is 4.78. The Kier molecular flexibility index (Phi) is 3.29. The third-order valence-corrected chi connectivity index (χ3v) is 3.40. The minimum atomic E-state index is -1.60. The molecule has 0 saturated carbocycles. The van der Waals surface area contributed by atoms with Crippen molar-refractivity contribution in [1.82, 2.24) is 4.90 Å². The quantitative estimate of drug-likeness (QED) is 0.799. The van der Waals surface area contributed by atoms with E-state index < -0.39 is 23.5 Å². The van der Waals surface area contributed by atoms with Crippen molar-refractivity contribution in [1.29, 1.82) is 0 Å².